The van der Waals surface area contributed by atoms with E-state index in [4.69, 9.17) is 0 Å². The second-order valence-electron chi connectivity index (χ2n) is 2.42. The molecule has 0 bridgehead atoms. The normalized spacial score (nSPS) is 12.5. The monoisotopic (exact) mass is 147 g/mol. The highest BCUT2D eigenvalue weighted by Gasteiger charge is 2.04. The molecule has 1 aromatic carbocycles. The van der Waals surface area contributed by atoms with Crippen molar-refractivity contribution in [3.8, 4) is 0 Å². The predicted molar refractivity (Wildman–Crippen MR) is 44.7 cm³/mol. The fraction of sp³-hybridized carbons (Fsp3) is 0.200. The Morgan fingerprint density at radius 2 is 2.00 bits per heavy atom. The quantitative estimate of drug-likeness (QED) is 0.586. The molecule has 1 radical (unpaired) electrons. The van der Waals surface area contributed by atoms with E-state index in [1.165, 1.54) is 0 Å². The lowest BCUT2D eigenvalue weighted by Crippen LogP contribution is -1.91. The van der Waals surface area contributed by atoms with Gasteiger partial charge in [-0.25, -0.2) is 5.11 Å². The molecule has 0 aliphatic carbocycles. The molecule has 0 aliphatic heterocycles. The Balaban J connectivity index is 2.68. The summed E-state index contributed by atoms with van der Waals surface area (Å²) in [5.41, 5.74) is 0.840. The molecule has 1 aromatic rings. The third-order valence-corrected chi connectivity index (χ3v) is 1.55. The molecule has 0 amide bonds. The highest BCUT2D eigenvalue weighted by molar-refractivity contribution is 5.17. The molecule has 11 heavy (non-hydrogen) atoms. The van der Waals surface area contributed by atoms with Crippen LogP contribution >= 0.6 is 0 Å². The van der Waals surface area contributed by atoms with Crippen molar-refractivity contribution in [3.05, 3.63) is 48.6 Å². The van der Waals surface area contributed by atoms with Gasteiger partial charge in [-0.15, -0.1) is 6.58 Å². The zero-order valence-corrected chi connectivity index (χ0v) is 6.36. The first-order valence-electron chi connectivity index (χ1n) is 3.66. The van der Waals surface area contributed by atoms with E-state index in [9.17, 15) is 5.11 Å². The molecule has 0 N–H and O–H groups in total. The van der Waals surface area contributed by atoms with Gasteiger partial charge in [-0.1, -0.05) is 36.4 Å². The highest BCUT2D eigenvalue weighted by Crippen LogP contribution is 2.16. The van der Waals surface area contributed by atoms with Crippen LogP contribution in [0.25, 0.3) is 0 Å². The number of benzene rings is 1. The van der Waals surface area contributed by atoms with Crippen LogP contribution in [0.4, 0.5) is 0 Å². The first-order valence-corrected chi connectivity index (χ1v) is 3.66. The summed E-state index contributed by atoms with van der Waals surface area (Å²) in [5, 5.41) is 11.3. The average Bonchev–Trinajstić information content (AvgIpc) is 2.07. The van der Waals surface area contributed by atoms with E-state index < -0.39 is 6.10 Å². The van der Waals surface area contributed by atoms with Crippen LogP contribution in [-0.4, -0.2) is 0 Å². The minimum Gasteiger partial charge on any atom is -0.228 e. The maximum Gasteiger partial charge on any atom is 0.121 e. The molecule has 1 rings (SSSR count). The van der Waals surface area contributed by atoms with Crippen molar-refractivity contribution in [2.45, 2.75) is 12.5 Å². The summed E-state index contributed by atoms with van der Waals surface area (Å²) in [7, 11) is 0. The molecule has 0 saturated heterocycles. The number of hydrogen-bond acceptors (Lipinski definition) is 0. The molecule has 1 heteroatoms. The van der Waals surface area contributed by atoms with Gasteiger partial charge < -0.3 is 0 Å². The van der Waals surface area contributed by atoms with Crippen molar-refractivity contribution in [2.75, 3.05) is 0 Å². The topological polar surface area (TPSA) is 19.9 Å². The molecule has 1 nitrogen and oxygen atoms in total. The van der Waals surface area contributed by atoms with Gasteiger partial charge in [0.05, 0.1) is 0 Å². The third kappa shape index (κ3) is 2.20. The maximum absolute atomic E-state index is 11.3. The number of hydrogen-bond donors (Lipinski definition) is 0. The Morgan fingerprint density at radius 1 is 1.36 bits per heavy atom. The van der Waals surface area contributed by atoms with Crippen LogP contribution in [0.5, 0.6) is 0 Å². The van der Waals surface area contributed by atoms with E-state index in [0.717, 1.165) is 5.56 Å². The SMILES string of the molecule is C=CCC([O])c1ccccc1. The first kappa shape index (κ1) is 8.02. The van der Waals surface area contributed by atoms with Crippen molar-refractivity contribution in [2.24, 2.45) is 0 Å². The first-order chi connectivity index (χ1) is 5.34. The molecule has 1 atom stereocenters. The molecule has 57 valence electrons. The van der Waals surface area contributed by atoms with Crippen molar-refractivity contribution < 1.29 is 5.11 Å². The van der Waals surface area contributed by atoms with Crippen LogP contribution in [0.3, 0.4) is 0 Å². The van der Waals surface area contributed by atoms with Crippen LogP contribution in [0.2, 0.25) is 0 Å². The fourth-order valence-corrected chi connectivity index (χ4v) is 0.955. The van der Waals surface area contributed by atoms with Crippen LogP contribution in [0.1, 0.15) is 18.1 Å². The van der Waals surface area contributed by atoms with E-state index in [0.29, 0.717) is 6.42 Å². The van der Waals surface area contributed by atoms with Gasteiger partial charge in [-0.05, 0) is 12.0 Å². The Morgan fingerprint density at radius 3 is 2.55 bits per heavy atom. The van der Waals surface area contributed by atoms with Crippen molar-refractivity contribution in [3.63, 3.8) is 0 Å². The lowest BCUT2D eigenvalue weighted by Gasteiger charge is -2.03. The lowest BCUT2D eigenvalue weighted by atomic mass is 10.1. The molecule has 0 aromatic heterocycles. The summed E-state index contributed by atoms with van der Waals surface area (Å²) in [6.45, 7) is 3.53. The van der Waals surface area contributed by atoms with Gasteiger partial charge in [0.1, 0.15) is 6.10 Å². The van der Waals surface area contributed by atoms with Crippen LogP contribution in [0.15, 0.2) is 43.0 Å². The van der Waals surface area contributed by atoms with Gasteiger partial charge in [0.25, 0.3) is 0 Å². The predicted octanol–water partition coefficient (Wildman–Crippen LogP) is 2.73. The van der Waals surface area contributed by atoms with Crippen LogP contribution in [-0.2, 0) is 5.11 Å². The van der Waals surface area contributed by atoms with Gasteiger partial charge in [0.15, 0.2) is 0 Å². The van der Waals surface area contributed by atoms with Gasteiger partial charge >= 0.3 is 0 Å². The molecule has 0 fully saturated rings. The van der Waals surface area contributed by atoms with E-state index in [-0.39, 0.29) is 0 Å². The molecular formula is C10H11O. The molecule has 0 saturated carbocycles. The highest BCUT2D eigenvalue weighted by atomic mass is 16.3. The van der Waals surface area contributed by atoms with Crippen molar-refractivity contribution in [1.82, 2.24) is 0 Å². The molecule has 0 heterocycles. The zero-order chi connectivity index (χ0) is 8.10. The Labute approximate surface area is 67.0 Å². The largest absolute Gasteiger partial charge is 0.228 e. The van der Waals surface area contributed by atoms with Crippen molar-refractivity contribution >= 4 is 0 Å². The standard InChI is InChI=1S/C10H11O/c1-2-6-10(11)9-7-4-3-5-8-9/h2-5,7-8,10H,1,6H2. The van der Waals surface area contributed by atoms with E-state index >= 15 is 0 Å². The van der Waals surface area contributed by atoms with Crippen LogP contribution in [0, 0.1) is 0 Å². The molecular weight excluding hydrogens is 136 g/mol. The Kier molecular flexibility index (Phi) is 2.87. The van der Waals surface area contributed by atoms with Crippen molar-refractivity contribution in [1.29, 1.82) is 0 Å². The van der Waals surface area contributed by atoms with Gasteiger partial charge in [-0.3, -0.25) is 0 Å². The van der Waals surface area contributed by atoms with Crippen LogP contribution < -0.4 is 0 Å². The van der Waals surface area contributed by atoms with Gasteiger partial charge in [0.2, 0.25) is 0 Å². The fourth-order valence-electron chi connectivity index (χ4n) is 0.955. The minimum atomic E-state index is -0.645. The minimum absolute atomic E-state index is 0.504. The summed E-state index contributed by atoms with van der Waals surface area (Å²) in [5.74, 6) is 0. The van der Waals surface area contributed by atoms with E-state index in [1.54, 1.807) is 6.08 Å². The molecule has 0 spiro atoms. The molecule has 0 aliphatic rings. The Bertz CT molecular complexity index is 216. The third-order valence-electron chi connectivity index (χ3n) is 1.55. The zero-order valence-electron chi connectivity index (χ0n) is 6.36. The summed E-state index contributed by atoms with van der Waals surface area (Å²) >= 11 is 0. The van der Waals surface area contributed by atoms with E-state index in [2.05, 4.69) is 6.58 Å². The summed E-state index contributed by atoms with van der Waals surface area (Å²) < 4.78 is 0. The summed E-state index contributed by atoms with van der Waals surface area (Å²) in [4.78, 5) is 0. The van der Waals surface area contributed by atoms with Gasteiger partial charge in [-0.2, -0.15) is 0 Å². The summed E-state index contributed by atoms with van der Waals surface area (Å²) in [6.07, 6.45) is 1.52. The molecule has 1 unspecified atom stereocenters. The second-order valence-corrected chi connectivity index (χ2v) is 2.42. The average molecular weight is 147 g/mol. The summed E-state index contributed by atoms with van der Waals surface area (Å²) in [6, 6.07) is 9.36. The maximum atomic E-state index is 11.3. The lowest BCUT2D eigenvalue weighted by molar-refractivity contribution is 0.0919. The van der Waals surface area contributed by atoms with E-state index in [1.807, 2.05) is 30.3 Å². The van der Waals surface area contributed by atoms with Gasteiger partial charge in [0, 0.05) is 0 Å². The smallest absolute Gasteiger partial charge is 0.121 e. The second kappa shape index (κ2) is 3.94. The Hall–Kier alpha value is -1.08. The number of rotatable bonds is 3.